The Morgan fingerprint density at radius 1 is 0.900 bits per heavy atom. The Labute approximate surface area is 176 Å². The third-order valence-corrected chi connectivity index (χ3v) is 4.46. The van der Waals surface area contributed by atoms with Crippen molar-refractivity contribution in [1.82, 2.24) is 0 Å². The fraction of sp³-hybridized carbons (Fsp3) is 0.120. The largest absolute Gasteiger partial charge is 0.497 e. The number of carbonyl (C=O) groups is 2. The molecule has 0 saturated heterocycles. The van der Waals surface area contributed by atoms with Crippen molar-refractivity contribution >= 4 is 23.6 Å². The van der Waals surface area contributed by atoms with Crippen LogP contribution in [0.15, 0.2) is 84.9 Å². The molecule has 30 heavy (non-hydrogen) atoms. The molecule has 0 aliphatic heterocycles. The normalized spacial score (nSPS) is 11.7. The lowest BCUT2D eigenvalue weighted by Gasteiger charge is -2.15. The Balaban J connectivity index is 1.61. The van der Waals surface area contributed by atoms with Gasteiger partial charge in [-0.2, -0.15) is 0 Å². The molecule has 0 radical (unpaired) electrons. The molecule has 0 fully saturated rings. The van der Waals surface area contributed by atoms with Crippen LogP contribution in [0, 0.1) is 0 Å². The highest BCUT2D eigenvalue weighted by Crippen LogP contribution is 2.27. The molecule has 0 saturated carbocycles. The van der Waals surface area contributed by atoms with Crippen molar-refractivity contribution in [2.75, 3.05) is 12.4 Å². The second-order valence-electron chi connectivity index (χ2n) is 6.59. The third kappa shape index (κ3) is 5.58. The SMILES string of the molecule is COc1ccc(/C=C/C(=O)O[C@H](C)C(=O)Nc2ccccc2-c2ccccc2)cc1. The van der Waals surface area contributed by atoms with E-state index in [1.165, 1.54) is 6.08 Å². The maximum atomic E-state index is 12.5. The molecule has 0 spiro atoms. The molecule has 5 nitrogen and oxygen atoms in total. The van der Waals surface area contributed by atoms with E-state index in [4.69, 9.17) is 9.47 Å². The number of esters is 1. The molecule has 0 aliphatic rings. The van der Waals surface area contributed by atoms with Crippen molar-refractivity contribution < 1.29 is 19.1 Å². The van der Waals surface area contributed by atoms with Gasteiger partial charge < -0.3 is 14.8 Å². The second-order valence-corrected chi connectivity index (χ2v) is 6.59. The van der Waals surface area contributed by atoms with Crippen LogP contribution in [0.5, 0.6) is 5.75 Å². The van der Waals surface area contributed by atoms with E-state index in [0.717, 1.165) is 22.4 Å². The second kappa shape index (κ2) is 10.1. The molecule has 152 valence electrons. The predicted molar refractivity (Wildman–Crippen MR) is 118 cm³/mol. The minimum atomic E-state index is -0.943. The molecule has 0 unspecified atom stereocenters. The smallest absolute Gasteiger partial charge is 0.331 e. The molecule has 1 atom stereocenters. The number of methoxy groups -OCH3 is 1. The van der Waals surface area contributed by atoms with Gasteiger partial charge in [0.2, 0.25) is 0 Å². The summed E-state index contributed by atoms with van der Waals surface area (Å²) in [4.78, 5) is 24.6. The molecule has 0 bridgehead atoms. The quantitative estimate of drug-likeness (QED) is 0.450. The van der Waals surface area contributed by atoms with E-state index in [2.05, 4.69) is 5.32 Å². The highest BCUT2D eigenvalue weighted by molar-refractivity contribution is 5.99. The summed E-state index contributed by atoms with van der Waals surface area (Å²) < 4.78 is 10.3. The van der Waals surface area contributed by atoms with Gasteiger partial charge in [-0.15, -0.1) is 0 Å². The van der Waals surface area contributed by atoms with Crippen molar-refractivity contribution in [3.8, 4) is 16.9 Å². The Morgan fingerprint density at radius 2 is 1.57 bits per heavy atom. The van der Waals surface area contributed by atoms with E-state index in [0.29, 0.717) is 5.69 Å². The van der Waals surface area contributed by atoms with Crippen LogP contribution in [0.1, 0.15) is 12.5 Å². The zero-order valence-electron chi connectivity index (χ0n) is 16.9. The van der Waals surface area contributed by atoms with Crippen LogP contribution in [0.4, 0.5) is 5.69 Å². The van der Waals surface area contributed by atoms with Crippen LogP contribution in [0.25, 0.3) is 17.2 Å². The molecular formula is C25H23NO4. The minimum Gasteiger partial charge on any atom is -0.497 e. The Kier molecular flexibility index (Phi) is 7.00. The summed E-state index contributed by atoms with van der Waals surface area (Å²) in [6.45, 7) is 1.54. The van der Waals surface area contributed by atoms with Crippen LogP contribution in [0.3, 0.4) is 0 Å². The zero-order chi connectivity index (χ0) is 21.3. The fourth-order valence-electron chi connectivity index (χ4n) is 2.84. The van der Waals surface area contributed by atoms with Gasteiger partial charge in [-0.25, -0.2) is 4.79 Å². The van der Waals surface area contributed by atoms with Gasteiger partial charge in [0.05, 0.1) is 7.11 Å². The fourth-order valence-corrected chi connectivity index (χ4v) is 2.84. The van der Waals surface area contributed by atoms with Gasteiger partial charge in [0.1, 0.15) is 5.75 Å². The summed E-state index contributed by atoms with van der Waals surface area (Å²) >= 11 is 0. The monoisotopic (exact) mass is 401 g/mol. The van der Waals surface area contributed by atoms with Gasteiger partial charge in [-0.05, 0) is 42.3 Å². The van der Waals surface area contributed by atoms with E-state index in [1.54, 1.807) is 32.2 Å². The van der Waals surface area contributed by atoms with E-state index in [1.807, 2.05) is 66.7 Å². The number of nitrogens with one attached hydrogen (secondary N) is 1. The zero-order valence-corrected chi connectivity index (χ0v) is 16.9. The Bertz CT molecular complexity index is 1030. The lowest BCUT2D eigenvalue weighted by Crippen LogP contribution is -2.29. The van der Waals surface area contributed by atoms with Crippen molar-refractivity contribution in [2.45, 2.75) is 13.0 Å². The molecule has 3 aromatic rings. The first kappa shape index (κ1) is 20.9. The number of anilines is 1. The summed E-state index contributed by atoms with van der Waals surface area (Å²) in [5.41, 5.74) is 3.36. The van der Waals surface area contributed by atoms with Crippen LogP contribution < -0.4 is 10.1 Å². The maximum Gasteiger partial charge on any atom is 0.331 e. The topological polar surface area (TPSA) is 64.6 Å². The van der Waals surface area contributed by atoms with Crippen molar-refractivity contribution in [1.29, 1.82) is 0 Å². The van der Waals surface area contributed by atoms with Crippen molar-refractivity contribution in [2.24, 2.45) is 0 Å². The average Bonchev–Trinajstić information content (AvgIpc) is 2.79. The van der Waals surface area contributed by atoms with Gasteiger partial charge in [0, 0.05) is 17.3 Å². The van der Waals surface area contributed by atoms with E-state index < -0.39 is 18.0 Å². The lowest BCUT2D eigenvalue weighted by molar-refractivity contribution is -0.148. The number of hydrogen-bond donors (Lipinski definition) is 1. The van der Waals surface area contributed by atoms with Crippen LogP contribution in [0.2, 0.25) is 0 Å². The van der Waals surface area contributed by atoms with E-state index >= 15 is 0 Å². The van der Waals surface area contributed by atoms with E-state index in [-0.39, 0.29) is 0 Å². The maximum absolute atomic E-state index is 12.5. The standard InChI is InChI=1S/C25H23NO4/c1-18(30-24(27)17-14-19-12-15-21(29-2)16-13-19)25(28)26-23-11-7-6-10-22(23)20-8-4-3-5-9-20/h3-18H,1-2H3,(H,26,28)/b17-14+/t18-/m1/s1. The summed E-state index contributed by atoms with van der Waals surface area (Å²) in [5.74, 6) is -0.259. The molecule has 0 heterocycles. The molecule has 3 rings (SSSR count). The molecule has 1 N–H and O–H groups in total. The molecule has 0 aromatic heterocycles. The highest BCUT2D eigenvalue weighted by atomic mass is 16.5. The van der Waals surface area contributed by atoms with Gasteiger partial charge in [-0.1, -0.05) is 60.7 Å². The van der Waals surface area contributed by atoms with Crippen LogP contribution >= 0.6 is 0 Å². The van der Waals surface area contributed by atoms with Crippen LogP contribution in [-0.2, 0) is 14.3 Å². The van der Waals surface area contributed by atoms with E-state index in [9.17, 15) is 9.59 Å². The first-order valence-electron chi connectivity index (χ1n) is 9.55. The number of benzene rings is 3. The number of carbonyl (C=O) groups excluding carboxylic acids is 2. The van der Waals surface area contributed by atoms with Gasteiger partial charge in [0.25, 0.3) is 5.91 Å². The number of amides is 1. The van der Waals surface area contributed by atoms with Gasteiger partial charge in [-0.3, -0.25) is 4.79 Å². The summed E-state index contributed by atoms with van der Waals surface area (Å²) in [6, 6.07) is 24.5. The highest BCUT2D eigenvalue weighted by Gasteiger charge is 2.18. The Morgan fingerprint density at radius 3 is 2.27 bits per heavy atom. The number of ether oxygens (including phenoxy) is 2. The number of hydrogen-bond acceptors (Lipinski definition) is 4. The Hall–Kier alpha value is -3.86. The lowest BCUT2D eigenvalue weighted by atomic mass is 10.0. The first-order chi connectivity index (χ1) is 14.6. The average molecular weight is 401 g/mol. The number of para-hydroxylation sites is 1. The van der Waals surface area contributed by atoms with Crippen molar-refractivity contribution in [3.05, 3.63) is 90.5 Å². The summed E-state index contributed by atoms with van der Waals surface area (Å²) in [5, 5.41) is 2.85. The van der Waals surface area contributed by atoms with Gasteiger partial charge >= 0.3 is 5.97 Å². The molecule has 0 aliphatic carbocycles. The molecule has 5 heteroatoms. The molecule has 3 aromatic carbocycles. The molecule has 1 amide bonds. The summed E-state index contributed by atoms with van der Waals surface area (Å²) in [6.07, 6.45) is 1.97. The predicted octanol–water partition coefficient (Wildman–Crippen LogP) is 4.95. The third-order valence-electron chi connectivity index (χ3n) is 4.46. The van der Waals surface area contributed by atoms with Crippen molar-refractivity contribution in [3.63, 3.8) is 0 Å². The molecular weight excluding hydrogens is 378 g/mol. The summed E-state index contributed by atoms with van der Waals surface area (Å²) in [7, 11) is 1.59. The van der Waals surface area contributed by atoms with Gasteiger partial charge in [0.15, 0.2) is 6.10 Å². The van der Waals surface area contributed by atoms with Crippen LogP contribution in [-0.4, -0.2) is 25.1 Å². The minimum absolute atomic E-state index is 0.399. The number of rotatable bonds is 7. The first-order valence-corrected chi connectivity index (χ1v) is 9.55.